The van der Waals surface area contributed by atoms with Gasteiger partial charge in [0.05, 0.1) is 23.6 Å². The van der Waals surface area contributed by atoms with Crippen molar-refractivity contribution in [2.75, 3.05) is 0 Å². The summed E-state index contributed by atoms with van der Waals surface area (Å²) in [6, 6.07) is 3.63. The molecule has 0 unspecified atom stereocenters. The second kappa shape index (κ2) is 6.52. The van der Waals surface area contributed by atoms with Gasteiger partial charge in [0, 0.05) is 28.6 Å². The number of carboxylic acid groups (broad SMARTS) is 1. The van der Waals surface area contributed by atoms with Crippen LogP contribution in [0.2, 0.25) is 0 Å². The smallest absolute Gasteiger partial charge is 0.543 e. The standard InChI is InChI=1S/C14H14N2O3S.Na/c1-2-9-10-7-11(20-8-3-5-15-6-4-8)12(14(18)19)16(10)13(9)17;/h3-6,9-10H,2,7H2,1H3,(H,18,19);/q;+1/p-1/t9-,10-;/m1./s1. The molecule has 0 saturated carbocycles. The van der Waals surface area contributed by atoms with Gasteiger partial charge in [-0.05, 0) is 18.6 Å². The van der Waals surface area contributed by atoms with Gasteiger partial charge in [-0.15, -0.1) is 0 Å². The Bertz CT molecular complexity index is 605. The molecule has 3 heterocycles. The van der Waals surface area contributed by atoms with E-state index in [1.165, 1.54) is 16.7 Å². The average molecular weight is 312 g/mol. The average Bonchev–Trinajstić information content (AvgIpc) is 2.76. The molecule has 2 aliphatic heterocycles. The van der Waals surface area contributed by atoms with Gasteiger partial charge in [0.15, 0.2) is 0 Å². The van der Waals surface area contributed by atoms with E-state index < -0.39 is 5.97 Å². The number of hydrogen-bond donors (Lipinski definition) is 0. The first kappa shape index (κ1) is 16.5. The summed E-state index contributed by atoms with van der Waals surface area (Å²) < 4.78 is 0. The molecule has 1 saturated heterocycles. The molecule has 1 amide bonds. The van der Waals surface area contributed by atoms with Crippen LogP contribution in [0.4, 0.5) is 0 Å². The number of hydrogen-bond acceptors (Lipinski definition) is 5. The zero-order valence-corrected chi connectivity index (χ0v) is 14.7. The van der Waals surface area contributed by atoms with E-state index in [9.17, 15) is 14.7 Å². The molecular formula is C14H13N2NaO3S. The van der Waals surface area contributed by atoms with E-state index in [2.05, 4.69) is 4.98 Å². The normalized spacial score (nSPS) is 23.5. The topological polar surface area (TPSA) is 73.3 Å². The number of pyridine rings is 1. The molecule has 1 aromatic heterocycles. The quantitative estimate of drug-likeness (QED) is 0.465. The minimum atomic E-state index is -1.27. The number of β-lactam (4-membered cyclic amide) rings is 1. The number of thioether (sulfide) groups is 1. The number of amides is 1. The SMILES string of the molecule is CC[C@H]1C(=O)N2C(C(=O)[O-])=C(Sc3ccncc3)C[C@H]12.[Na+]. The third-order valence-electron chi connectivity index (χ3n) is 3.77. The molecule has 1 fully saturated rings. The molecule has 7 heteroatoms. The molecule has 5 nitrogen and oxygen atoms in total. The number of aromatic nitrogens is 1. The van der Waals surface area contributed by atoms with Crippen molar-refractivity contribution < 1.29 is 44.3 Å². The van der Waals surface area contributed by atoms with Crippen LogP contribution in [0.1, 0.15) is 19.8 Å². The summed E-state index contributed by atoms with van der Waals surface area (Å²) >= 11 is 1.37. The molecular weight excluding hydrogens is 299 g/mol. The Hall–Kier alpha value is -0.820. The summed E-state index contributed by atoms with van der Waals surface area (Å²) in [6.07, 6.45) is 4.66. The number of carbonyl (C=O) groups is 2. The van der Waals surface area contributed by atoms with Crippen LogP contribution in [0, 0.1) is 5.92 Å². The summed E-state index contributed by atoms with van der Waals surface area (Å²) in [5.41, 5.74) is 0.0477. The molecule has 21 heavy (non-hydrogen) atoms. The molecule has 2 atom stereocenters. The Morgan fingerprint density at radius 3 is 2.71 bits per heavy atom. The summed E-state index contributed by atoms with van der Waals surface area (Å²) in [4.78, 5) is 30.3. The van der Waals surface area contributed by atoms with Crippen molar-refractivity contribution in [2.24, 2.45) is 5.92 Å². The van der Waals surface area contributed by atoms with Crippen LogP contribution in [0.15, 0.2) is 40.0 Å². The zero-order chi connectivity index (χ0) is 14.3. The summed E-state index contributed by atoms with van der Waals surface area (Å²) in [7, 11) is 0. The Kier molecular flexibility index (Phi) is 5.14. The van der Waals surface area contributed by atoms with E-state index in [-0.39, 0.29) is 53.1 Å². The van der Waals surface area contributed by atoms with Gasteiger partial charge in [-0.1, -0.05) is 18.7 Å². The molecule has 0 aromatic carbocycles. The second-order valence-electron chi connectivity index (χ2n) is 4.84. The van der Waals surface area contributed by atoms with Crippen LogP contribution in [0.3, 0.4) is 0 Å². The van der Waals surface area contributed by atoms with Crippen LogP contribution in [0.5, 0.6) is 0 Å². The fraction of sp³-hybridized carbons (Fsp3) is 0.357. The molecule has 104 valence electrons. The first-order valence-corrected chi connectivity index (χ1v) is 7.30. The van der Waals surface area contributed by atoms with Gasteiger partial charge >= 0.3 is 29.6 Å². The van der Waals surface area contributed by atoms with Gasteiger partial charge < -0.3 is 14.8 Å². The Labute approximate surface area is 149 Å². The Morgan fingerprint density at radius 1 is 1.48 bits per heavy atom. The van der Waals surface area contributed by atoms with Gasteiger partial charge in [-0.25, -0.2) is 0 Å². The van der Waals surface area contributed by atoms with E-state index in [1.807, 2.05) is 19.1 Å². The summed E-state index contributed by atoms with van der Waals surface area (Å²) in [5, 5.41) is 11.3. The van der Waals surface area contributed by atoms with Gasteiger partial charge in [0.1, 0.15) is 0 Å². The largest absolute Gasteiger partial charge is 1.00 e. The van der Waals surface area contributed by atoms with Crippen molar-refractivity contribution >= 4 is 23.6 Å². The second-order valence-corrected chi connectivity index (χ2v) is 6.01. The fourth-order valence-corrected chi connectivity index (χ4v) is 3.91. The third-order valence-corrected chi connectivity index (χ3v) is 4.89. The van der Waals surface area contributed by atoms with E-state index >= 15 is 0 Å². The fourth-order valence-electron chi connectivity index (χ4n) is 2.83. The molecule has 0 bridgehead atoms. The van der Waals surface area contributed by atoms with Crippen molar-refractivity contribution in [3.8, 4) is 0 Å². The zero-order valence-electron chi connectivity index (χ0n) is 11.9. The van der Waals surface area contributed by atoms with E-state index in [0.29, 0.717) is 11.3 Å². The Balaban J connectivity index is 0.00000161. The molecule has 1 aromatic rings. The first-order chi connectivity index (χ1) is 9.63. The van der Waals surface area contributed by atoms with Crippen molar-refractivity contribution in [3.63, 3.8) is 0 Å². The number of fused-ring (bicyclic) bond motifs is 1. The number of nitrogens with zero attached hydrogens (tertiary/aromatic N) is 2. The van der Waals surface area contributed by atoms with Crippen LogP contribution in [0.25, 0.3) is 0 Å². The van der Waals surface area contributed by atoms with Crippen molar-refractivity contribution in [3.05, 3.63) is 35.1 Å². The number of aliphatic carboxylic acids is 1. The third kappa shape index (κ3) is 2.77. The van der Waals surface area contributed by atoms with Gasteiger partial charge in [0.25, 0.3) is 0 Å². The number of carboxylic acids is 1. The molecule has 0 spiro atoms. The predicted octanol–water partition coefficient (Wildman–Crippen LogP) is -2.22. The Morgan fingerprint density at radius 2 is 2.14 bits per heavy atom. The molecule has 2 aliphatic rings. The molecule has 0 radical (unpaired) electrons. The van der Waals surface area contributed by atoms with Crippen molar-refractivity contribution in [1.82, 2.24) is 9.88 Å². The first-order valence-electron chi connectivity index (χ1n) is 6.49. The van der Waals surface area contributed by atoms with Crippen LogP contribution in [-0.2, 0) is 9.59 Å². The maximum atomic E-state index is 12.0. The van der Waals surface area contributed by atoms with E-state index in [4.69, 9.17) is 0 Å². The maximum absolute atomic E-state index is 12.0. The molecule has 3 rings (SSSR count). The molecule has 0 N–H and O–H groups in total. The van der Waals surface area contributed by atoms with Gasteiger partial charge in [-0.3, -0.25) is 9.78 Å². The van der Waals surface area contributed by atoms with Crippen molar-refractivity contribution in [2.45, 2.75) is 30.7 Å². The minimum absolute atomic E-state index is 0. The van der Waals surface area contributed by atoms with Crippen LogP contribution in [-0.4, -0.2) is 27.8 Å². The van der Waals surface area contributed by atoms with Crippen LogP contribution >= 0.6 is 11.8 Å². The monoisotopic (exact) mass is 312 g/mol. The van der Waals surface area contributed by atoms with Gasteiger partial charge in [0.2, 0.25) is 5.91 Å². The maximum Gasteiger partial charge on any atom is 1.00 e. The van der Waals surface area contributed by atoms with Crippen molar-refractivity contribution in [1.29, 1.82) is 0 Å². The van der Waals surface area contributed by atoms with Gasteiger partial charge in [-0.2, -0.15) is 0 Å². The number of carbonyl (C=O) groups excluding carboxylic acids is 2. The van der Waals surface area contributed by atoms with E-state index in [1.54, 1.807) is 12.4 Å². The predicted molar refractivity (Wildman–Crippen MR) is 71.2 cm³/mol. The van der Waals surface area contributed by atoms with Crippen LogP contribution < -0.4 is 34.7 Å². The minimum Gasteiger partial charge on any atom is -0.543 e. The number of rotatable bonds is 4. The summed E-state index contributed by atoms with van der Waals surface area (Å²) in [5.74, 6) is -1.42. The van der Waals surface area contributed by atoms with E-state index in [0.717, 1.165) is 11.3 Å². The molecule has 0 aliphatic carbocycles. The summed E-state index contributed by atoms with van der Waals surface area (Å²) in [6.45, 7) is 1.95.